The number of hydrogen-bond acceptors (Lipinski definition) is 2. The maximum absolute atomic E-state index is 13.0. The predicted molar refractivity (Wildman–Crippen MR) is 52.7 cm³/mol. The van der Waals surface area contributed by atoms with E-state index in [1.54, 1.807) is 0 Å². The summed E-state index contributed by atoms with van der Waals surface area (Å²) in [7, 11) is 0. The highest BCUT2D eigenvalue weighted by atomic mass is 19.4. The van der Waals surface area contributed by atoms with E-state index in [2.05, 4.69) is 0 Å². The van der Waals surface area contributed by atoms with Gasteiger partial charge in [0, 0.05) is 18.6 Å². The average molecular weight is 287 g/mol. The molecule has 1 atom stereocenters. The first-order chi connectivity index (χ1) is 8.54. The van der Waals surface area contributed by atoms with Crippen LogP contribution < -0.4 is 0 Å². The summed E-state index contributed by atoms with van der Waals surface area (Å²) in [5.74, 6) is -4.63. The van der Waals surface area contributed by atoms with Crippen molar-refractivity contribution in [1.82, 2.24) is 0 Å². The summed E-state index contributed by atoms with van der Waals surface area (Å²) < 4.78 is 74.3. The first-order valence-electron chi connectivity index (χ1n) is 4.86. The minimum Gasteiger partial charge on any atom is -0.258 e. The lowest BCUT2D eigenvalue weighted by atomic mass is 10.0. The standard InChI is InChI=1S/C10H7F6NO2/c11-8(10(14,15)16)9(12,13)5-6-1-3-7(4-2-6)17(18)19/h1-4,8H,5H2. The fraction of sp³-hybridized carbons (Fsp3) is 0.400. The molecule has 0 aliphatic carbocycles. The Kier molecular flexibility index (Phi) is 4.06. The number of benzene rings is 1. The molecule has 0 N–H and O–H groups in total. The van der Waals surface area contributed by atoms with Crippen LogP contribution in [-0.2, 0) is 6.42 Å². The molecule has 1 rings (SSSR count). The van der Waals surface area contributed by atoms with Gasteiger partial charge in [0.1, 0.15) is 0 Å². The van der Waals surface area contributed by atoms with E-state index in [4.69, 9.17) is 0 Å². The zero-order chi connectivity index (χ0) is 14.8. The molecule has 3 nitrogen and oxygen atoms in total. The lowest BCUT2D eigenvalue weighted by Crippen LogP contribution is -2.43. The molecule has 0 aromatic heterocycles. The van der Waals surface area contributed by atoms with Gasteiger partial charge in [-0.05, 0) is 5.56 Å². The summed E-state index contributed by atoms with van der Waals surface area (Å²) >= 11 is 0. The van der Waals surface area contributed by atoms with E-state index in [-0.39, 0.29) is 5.56 Å². The molecule has 1 unspecified atom stereocenters. The normalized spacial score (nSPS) is 14.2. The van der Waals surface area contributed by atoms with Crippen molar-refractivity contribution in [2.24, 2.45) is 0 Å². The summed E-state index contributed by atoms with van der Waals surface area (Å²) in [4.78, 5) is 9.49. The van der Waals surface area contributed by atoms with Crippen molar-refractivity contribution in [2.75, 3.05) is 0 Å². The second kappa shape index (κ2) is 5.06. The van der Waals surface area contributed by atoms with Crippen LogP contribution >= 0.6 is 0 Å². The molecule has 0 saturated heterocycles. The highest BCUT2D eigenvalue weighted by Crippen LogP contribution is 2.37. The summed E-state index contributed by atoms with van der Waals surface area (Å²) in [6.45, 7) is 0. The molecule has 0 aliphatic rings. The Hall–Kier alpha value is -1.80. The van der Waals surface area contributed by atoms with Crippen LogP contribution in [0.5, 0.6) is 0 Å². The maximum atomic E-state index is 13.0. The molecule has 0 spiro atoms. The van der Waals surface area contributed by atoms with Crippen molar-refractivity contribution in [3.05, 3.63) is 39.9 Å². The minimum absolute atomic E-state index is 0.331. The van der Waals surface area contributed by atoms with Crippen LogP contribution in [0, 0.1) is 10.1 Å². The first kappa shape index (κ1) is 15.3. The molecule has 1 aromatic rings. The number of nitrogens with zero attached hydrogens (tertiary/aromatic N) is 1. The van der Waals surface area contributed by atoms with Crippen LogP contribution in [0.2, 0.25) is 0 Å². The second-order valence-corrected chi connectivity index (χ2v) is 3.77. The Morgan fingerprint density at radius 2 is 1.58 bits per heavy atom. The Morgan fingerprint density at radius 1 is 1.11 bits per heavy atom. The van der Waals surface area contributed by atoms with E-state index < -0.39 is 35.3 Å². The summed E-state index contributed by atoms with van der Waals surface area (Å²) in [6.07, 6.45) is -11.4. The highest BCUT2D eigenvalue weighted by molar-refractivity contribution is 5.33. The molecular formula is C10H7F6NO2. The van der Waals surface area contributed by atoms with Gasteiger partial charge in [-0.1, -0.05) is 12.1 Å². The Morgan fingerprint density at radius 3 is 1.95 bits per heavy atom. The zero-order valence-electron chi connectivity index (χ0n) is 9.13. The van der Waals surface area contributed by atoms with Gasteiger partial charge in [-0.15, -0.1) is 0 Å². The van der Waals surface area contributed by atoms with E-state index >= 15 is 0 Å². The fourth-order valence-corrected chi connectivity index (χ4v) is 1.34. The number of hydrogen-bond donors (Lipinski definition) is 0. The smallest absolute Gasteiger partial charge is 0.258 e. The maximum Gasteiger partial charge on any atom is 0.425 e. The molecule has 0 heterocycles. The van der Waals surface area contributed by atoms with Gasteiger partial charge in [0.2, 0.25) is 0 Å². The summed E-state index contributed by atoms with van der Waals surface area (Å²) in [5, 5.41) is 10.3. The van der Waals surface area contributed by atoms with Crippen molar-refractivity contribution in [1.29, 1.82) is 0 Å². The quantitative estimate of drug-likeness (QED) is 0.481. The largest absolute Gasteiger partial charge is 0.425 e. The van der Waals surface area contributed by atoms with Crippen LogP contribution in [0.25, 0.3) is 0 Å². The highest BCUT2D eigenvalue weighted by Gasteiger charge is 2.56. The number of alkyl halides is 6. The van der Waals surface area contributed by atoms with E-state index in [9.17, 15) is 36.5 Å². The predicted octanol–water partition coefficient (Wildman–Crippen LogP) is 3.67. The fourth-order valence-electron chi connectivity index (χ4n) is 1.34. The van der Waals surface area contributed by atoms with E-state index in [0.717, 1.165) is 24.3 Å². The third kappa shape index (κ3) is 3.83. The number of non-ortho nitro benzene ring substituents is 1. The summed E-state index contributed by atoms with van der Waals surface area (Å²) in [5.41, 5.74) is -0.734. The monoisotopic (exact) mass is 287 g/mol. The third-order valence-electron chi connectivity index (χ3n) is 2.25. The van der Waals surface area contributed by atoms with Gasteiger partial charge >= 0.3 is 6.18 Å². The van der Waals surface area contributed by atoms with Crippen LogP contribution in [0.1, 0.15) is 5.56 Å². The average Bonchev–Trinajstić information content (AvgIpc) is 2.27. The van der Waals surface area contributed by atoms with Gasteiger partial charge in [-0.3, -0.25) is 10.1 Å². The van der Waals surface area contributed by atoms with Gasteiger partial charge in [0.25, 0.3) is 17.8 Å². The van der Waals surface area contributed by atoms with Crippen LogP contribution in [0.3, 0.4) is 0 Å². The van der Waals surface area contributed by atoms with E-state index in [1.165, 1.54) is 0 Å². The molecule has 0 radical (unpaired) electrons. The van der Waals surface area contributed by atoms with Gasteiger partial charge in [-0.2, -0.15) is 13.2 Å². The van der Waals surface area contributed by atoms with E-state index in [1.807, 2.05) is 0 Å². The number of nitro benzene ring substituents is 1. The summed E-state index contributed by atoms with van der Waals surface area (Å²) in [6, 6.07) is 3.42. The molecule has 19 heavy (non-hydrogen) atoms. The molecule has 1 aromatic carbocycles. The number of halogens is 6. The third-order valence-corrected chi connectivity index (χ3v) is 2.25. The Balaban J connectivity index is 2.86. The topological polar surface area (TPSA) is 43.1 Å². The van der Waals surface area contributed by atoms with E-state index in [0.29, 0.717) is 0 Å². The van der Waals surface area contributed by atoms with Crippen LogP contribution in [0.15, 0.2) is 24.3 Å². The number of rotatable bonds is 4. The van der Waals surface area contributed by atoms with Crippen molar-refractivity contribution >= 4 is 5.69 Å². The lowest BCUT2D eigenvalue weighted by molar-refractivity contribution is -0.384. The molecule has 0 fully saturated rings. The SMILES string of the molecule is O=[N+]([O-])c1ccc(CC(F)(F)C(F)C(F)(F)F)cc1. The number of nitro groups is 1. The molecule has 106 valence electrons. The molecule has 0 bridgehead atoms. The molecule has 0 saturated carbocycles. The lowest BCUT2D eigenvalue weighted by Gasteiger charge is -2.22. The molecule has 9 heteroatoms. The van der Waals surface area contributed by atoms with Gasteiger partial charge in [-0.25, -0.2) is 13.2 Å². The van der Waals surface area contributed by atoms with Gasteiger partial charge in [0.05, 0.1) is 4.92 Å². The van der Waals surface area contributed by atoms with Gasteiger partial charge < -0.3 is 0 Å². The first-order valence-corrected chi connectivity index (χ1v) is 4.86. The second-order valence-electron chi connectivity index (χ2n) is 3.77. The Bertz CT molecular complexity index is 456. The molecular weight excluding hydrogens is 280 g/mol. The Labute approximate surface area is 103 Å². The minimum atomic E-state index is -5.66. The zero-order valence-corrected chi connectivity index (χ0v) is 9.13. The van der Waals surface area contributed by atoms with Crippen molar-refractivity contribution in [3.8, 4) is 0 Å². The molecule has 0 amide bonds. The molecule has 0 aliphatic heterocycles. The van der Waals surface area contributed by atoms with Crippen molar-refractivity contribution < 1.29 is 31.3 Å². The van der Waals surface area contributed by atoms with Crippen molar-refractivity contribution in [2.45, 2.75) is 24.7 Å². The van der Waals surface area contributed by atoms with Crippen molar-refractivity contribution in [3.63, 3.8) is 0 Å². The van der Waals surface area contributed by atoms with Gasteiger partial charge in [0.15, 0.2) is 0 Å². The van der Waals surface area contributed by atoms with Crippen LogP contribution in [0.4, 0.5) is 32.0 Å². The van der Waals surface area contributed by atoms with Crippen LogP contribution in [-0.4, -0.2) is 23.2 Å².